The van der Waals surface area contributed by atoms with Crippen LogP contribution in [0.1, 0.15) is 18.9 Å². The molecule has 1 atom stereocenters. The van der Waals surface area contributed by atoms with Crippen molar-refractivity contribution in [2.45, 2.75) is 25.9 Å². The van der Waals surface area contributed by atoms with Gasteiger partial charge in [0.1, 0.15) is 0 Å². The second kappa shape index (κ2) is 10.8. The van der Waals surface area contributed by atoms with Crippen molar-refractivity contribution in [1.82, 2.24) is 0 Å². The standard InChI is InChI=1S/C21H24N2O8/c1-13(21(25)22-15-6-5-7-16(12-15)23(26)27)31-19(24)9-8-14-10-17(28-2)20(30-4)18(11-14)29-3/h5-7,10-13H,8-9H2,1-4H3,(H,22,25). The van der Waals surface area contributed by atoms with Gasteiger partial charge in [-0.25, -0.2) is 0 Å². The number of nitro groups is 1. The second-order valence-electron chi connectivity index (χ2n) is 6.46. The fourth-order valence-corrected chi connectivity index (χ4v) is 2.78. The van der Waals surface area contributed by atoms with Gasteiger partial charge in [0, 0.05) is 24.2 Å². The van der Waals surface area contributed by atoms with Crippen molar-refractivity contribution >= 4 is 23.3 Å². The molecule has 0 spiro atoms. The first-order valence-corrected chi connectivity index (χ1v) is 9.32. The minimum absolute atomic E-state index is 0.0209. The summed E-state index contributed by atoms with van der Waals surface area (Å²) in [5, 5.41) is 13.3. The van der Waals surface area contributed by atoms with E-state index in [2.05, 4.69) is 5.32 Å². The summed E-state index contributed by atoms with van der Waals surface area (Å²) in [7, 11) is 4.49. The third kappa shape index (κ3) is 6.33. The zero-order valence-electron chi connectivity index (χ0n) is 17.7. The molecule has 10 heteroatoms. The first kappa shape index (κ1) is 23.5. The number of carbonyl (C=O) groups is 2. The second-order valence-corrected chi connectivity index (χ2v) is 6.46. The molecule has 0 saturated carbocycles. The summed E-state index contributed by atoms with van der Waals surface area (Å²) in [4.78, 5) is 34.7. The number of hydrogen-bond acceptors (Lipinski definition) is 8. The number of nitro benzene ring substituents is 1. The Bertz CT molecular complexity index is 935. The highest BCUT2D eigenvalue weighted by Gasteiger charge is 2.19. The molecule has 10 nitrogen and oxygen atoms in total. The topological polar surface area (TPSA) is 126 Å². The van der Waals surface area contributed by atoms with E-state index in [4.69, 9.17) is 18.9 Å². The summed E-state index contributed by atoms with van der Waals surface area (Å²) in [6.07, 6.45) is -0.728. The van der Waals surface area contributed by atoms with Gasteiger partial charge in [0.25, 0.3) is 11.6 Å². The molecule has 1 amide bonds. The maximum absolute atomic E-state index is 12.2. The quantitative estimate of drug-likeness (QED) is 0.345. The Balaban J connectivity index is 1.94. The van der Waals surface area contributed by atoms with E-state index >= 15 is 0 Å². The van der Waals surface area contributed by atoms with Crippen LogP contribution in [-0.2, 0) is 20.7 Å². The maximum atomic E-state index is 12.2. The van der Waals surface area contributed by atoms with Gasteiger partial charge in [-0.1, -0.05) is 6.07 Å². The van der Waals surface area contributed by atoms with E-state index in [0.29, 0.717) is 23.7 Å². The average molecular weight is 432 g/mol. The van der Waals surface area contributed by atoms with Gasteiger partial charge in [-0.2, -0.15) is 0 Å². The Morgan fingerprint density at radius 1 is 1.06 bits per heavy atom. The van der Waals surface area contributed by atoms with E-state index in [1.165, 1.54) is 52.5 Å². The fraction of sp³-hybridized carbons (Fsp3) is 0.333. The number of aryl methyl sites for hydroxylation is 1. The molecule has 0 radical (unpaired) electrons. The molecule has 0 aliphatic rings. The number of nitrogens with one attached hydrogen (secondary N) is 1. The van der Waals surface area contributed by atoms with E-state index < -0.39 is 22.9 Å². The number of hydrogen-bond donors (Lipinski definition) is 1. The lowest BCUT2D eigenvalue weighted by Gasteiger charge is -2.15. The number of non-ortho nitro benzene ring substituents is 1. The number of ether oxygens (including phenoxy) is 4. The Morgan fingerprint density at radius 3 is 2.26 bits per heavy atom. The van der Waals surface area contributed by atoms with Crippen molar-refractivity contribution < 1.29 is 33.5 Å². The van der Waals surface area contributed by atoms with Crippen LogP contribution in [0.5, 0.6) is 17.2 Å². The third-order valence-corrected chi connectivity index (χ3v) is 4.34. The number of benzene rings is 2. The first-order valence-electron chi connectivity index (χ1n) is 9.32. The monoisotopic (exact) mass is 432 g/mol. The van der Waals surface area contributed by atoms with E-state index in [1.807, 2.05) is 0 Å². The van der Waals surface area contributed by atoms with Crippen LogP contribution in [0.4, 0.5) is 11.4 Å². The smallest absolute Gasteiger partial charge is 0.306 e. The Labute approximate surface area is 179 Å². The lowest BCUT2D eigenvalue weighted by molar-refractivity contribution is -0.384. The largest absolute Gasteiger partial charge is 0.493 e. The molecule has 2 aromatic rings. The van der Waals surface area contributed by atoms with E-state index in [0.717, 1.165) is 5.56 Å². The predicted molar refractivity (Wildman–Crippen MR) is 112 cm³/mol. The van der Waals surface area contributed by atoms with Crippen LogP contribution in [0, 0.1) is 10.1 Å². The Hall–Kier alpha value is -3.82. The summed E-state index contributed by atoms with van der Waals surface area (Å²) in [6.45, 7) is 1.42. The number of methoxy groups -OCH3 is 3. The van der Waals surface area contributed by atoms with Gasteiger partial charge in [-0.05, 0) is 37.1 Å². The lowest BCUT2D eigenvalue weighted by atomic mass is 10.1. The van der Waals surface area contributed by atoms with Crippen LogP contribution in [0.15, 0.2) is 36.4 Å². The SMILES string of the molecule is COc1cc(CCC(=O)OC(C)C(=O)Nc2cccc([N+](=O)[O-])c2)cc(OC)c1OC. The molecule has 1 unspecified atom stereocenters. The summed E-state index contributed by atoms with van der Waals surface area (Å²) in [6, 6.07) is 8.94. The molecule has 0 saturated heterocycles. The van der Waals surface area contributed by atoms with Crippen molar-refractivity contribution in [3.8, 4) is 17.2 Å². The number of amides is 1. The highest BCUT2D eigenvalue weighted by Crippen LogP contribution is 2.38. The summed E-state index contributed by atoms with van der Waals surface area (Å²) < 4.78 is 21.0. The number of rotatable bonds is 10. The molecule has 2 aromatic carbocycles. The average Bonchev–Trinajstić information content (AvgIpc) is 2.76. The molecule has 1 N–H and O–H groups in total. The van der Waals surface area contributed by atoms with Gasteiger partial charge >= 0.3 is 5.97 Å². The molecule has 31 heavy (non-hydrogen) atoms. The molecular weight excluding hydrogens is 408 g/mol. The predicted octanol–water partition coefficient (Wildman–Crippen LogP) is 3.12. The number of anilines is 1. The third-order valence-electron chi connectivity index (χ3n) is 4.34. The van der Waals surface area contributed by atoms with Crippen LogP contribution in [0.25, 0.3) is 0 Å². The molecule has 0 aliphatic carbocycles. The van der Waals surface area contributed by atoms with Gasteiger partial charge in [0.2, 0.25) is 5.75 Å². The minimum Gasteiger partial charge on any atom is -0.493 e. The van der Waals surface area contributed by atoms with Crippen LogP contribution >= 0.6 is 0 Å². The van der Waals surface area contributed by atoms with Crippen molar-refractivity contribution in [1.29, 1.82) is 0 Å². The van der Waals surface area contributed by atoms with Gasteiger partial charge < -0.3 is 24.3 Å². The van der Waals surface area contributed by atoms with Crippen LogP contribution in [0.3, 0.4) is 0 Å². The molecule has 166 valence electrons. The first-order chi connectivity index (χ1) is 14.8. The number of esters is 1. The Kier molecular flexibility index (Phi) is 8.18. The van der Waals surface area contributed by atoms with Crippen molar-refractivity contribution in [2.24, 2.45) is 0 Å². The normalized spacial score (nSPS) is 11.2. The van der Waals surface area contributed by atoms with Gasteiger partial charge in [0.15, 0.2) is 17.6 Å². The number of nitrogens with zero attached hydrogens (tertiary/aromatic N) is 1. The molecule has 0 fully saturated rings. The van der Waals surface area contributed by atoms with Gasteiger partial charge in [0.05, 0.1) is 26.3 Å². The highest BCUT2D eigenvalue weighted by molar-refractivity contribution is 5.95. The molecule has 0 bridgehead atoms. The van der Waals surface area contributed by atoms with E-state index in [1.54, 1.807) is 12.1 Å². The van der Waals surface area contributed by atoms with Crippen molar-refractivity contribution in [3.63, 3.8) is 0 Å². The molecule has 2 rings (SSSR count). The zero-order valence-corrected chi connectivity index (χ0v) is 17.7. The molecule has 0 heterocycles. The van der Waals surface area contributed by atoms with Gasteiger partial charge in [-0.15, -0.1) is 0 Å². The van der Waals surface area contributed by atoms with Crippen LogP contribution in [-0.4, -0.2) is 44.2 Å². The lowest BCUT2D eigenvalue weighted by Crippen LogP contribution is -2.30. The minimum atomic E-state index is -1.08. The summed E-state index contributed by atoms with van der Waals surface area (Å²) >= 11 is 0. The molecular formula is C21H24N2O8. The summed E-state index contributed by atoms with van der Waals surface area (Å²) in [5.74, 6) is 0.213. The van der Waals surface area contributed by atoms with Crippen LogP contribution in [0.2, 0.25) is 0 Å². The molecule has 0 aromatic heterocycles. The molecule has 0 aliphatic heterocycles. The van der Waals surface area contributed by atoms with E-state index in [9.17, 15) is 19.7 Å². The highest BCUT2D eigenvalue weighted by atomic mass is 16.6. The van der Waals surface area contributed by atoms with E-state index in [-0.39, 0.29) is 17.8 Å². The fourth-order valence-electron chi connectivity index (χ4n) is 2.78. The van der Waals surface area contributed by atoms with Crippen molar-refractivity contribution in [2.75, 3.05) is 26.6 Å². The van der Waals surface area contributed by atoms with Crippen molar-refractivity contribution in [3.05, 3.63) is 52.1 Å². The zero-order chi connectivity index (χ0) is 23.0. The van der Waals surface area contributed by atoms with Gasteiger partial charge in [-0.3, -0.25) is 19.7 Å². The number of carbonyl (C=O) groups excluding carboxylic acids is 2. The Morgan fingerprint density at radius 2 is 1.71 bits per heavy atom. The maximum Gasteiger partial charge on any atom is 0.306 e. The van der Waals surface area contributed by atoms with Crippen LogP contribution < -0.4 is 19.5 Å². The summed E-state index contributed by atoms with van der Waals surface area (Å²) in [5.41, 5.74) is 0.840.